The number of nitrogens with one attached hydrogen (secondary N) is 2. The monoisotopic (exact) mass is 442 g/mol. The highest BCUT2D eigenvalue weighted by molar-refractivity contribution is 7.93. The Labute approximate surface area is 159 Å². The molecule has 2 N–H and O–H groups in total. The summed E-state index contributed by atoms with van der Waals surface area (Å²) in [5, 5.41) is 1.86. The fraction of sp³-hybridized carbons (Fsp3) is 0.200. The summed E-state index contributed by atoms with van der Waals surface area (Å²) >= 11 is 5.88. The summed E-state index contributed by atoms with van der Waals surface area (Å²) in [5.41, 5.74) is -0.253. The van der Waals surface area contributed by atoms with E-state index in [0.717, 1.165) is 24.5 Å². The average Bonchev–Trinajstić information content (AvgIpc) is 2.52. The Hall–Kier alpha value is -1.98. The highest BCUT2D eigenvalue weighted by atomic mass is 35.5. The smallest absolute Gasteiger partial charge is 0.375 e. The van der Waals surface area contributed by atoms with Crippen LogP contribution in [0.5, 0.6) is 0 Å². The first-order chi connectivity index (χ1) is 12.3. The zero-order valence-electron chi connectivity index (χ0n) is 13.7. The maximum absolute atomic E-state index is 12.6. The fourth-order valence-electron chi connectivity index (χ4n) is 2.04. The Bertz CT molecular complexity index is 1050. The third-order valence-electron chi connectivity index (χ3n) is 3.27. The van der Waals surface area contributed by atoms with Gasteiger partial charge < -0.3 is 5.32 Å². The van der Waals surface area contributed by atoms with Gasteiger partial charge in [0.15, 0.2) is 9.84 Å². The van der Waals surface area contributed by atoms with E-state index in [2.05, 4.69) is 10.0 Å². The van der Waals surface area contributed by atoms with E-state index < -0.39 is 37.5 Å². The zero-order valence-corrected chi connectivity index (χ0v) is 16.1. The van der Waals surface area contributed by atoms with Crippen LogP contribution in [0, 0.1) is 0 Å². The lowest BCUT2D eigenvalue weighted by Crippen LogP contribution is -2.22. The molecule has 2 aromatic carbocycles. The molecule has 0 aliphatic carbocycles. The fourth-order valence-corrected chi connectivity index (χ4v) is 4.37. The van der Waals surface area contributed by atoms with Crippen LogP contribution in [-0.4, -0.2) is 35.8 Å². The lowest BCUT2D eigenvalue weighted by atomic mass is 10.3. The number of anilines is 2. The summed E-state index contributed by atoms with van der Waals surface area (Å²) in [6.45, 7) is -1.37. The molecule has 2 aromatic rings. The average molecular weight is 443 g/mol. The van der Waals surface area contributed by atoms with Gasteiger partial charge in [0.1, 0.15) is 11.4 Å². The molecule has 0 spiro atoms. The van der Waals surface area contributed by atoms with Gasteiger partial charge in [-0.3, -0.25) is 4.72 Å². The maximum Gasteiger partial charge on any atom is 0.405 e. The molecule has 0 atom stereocenters. The molecule has 0 aliphatic rings. The number of halogens is 4. The normalized spacial score (nSPS) is 12.6. The summed E-state index contributed by atoms with van der Waals surface area (Å²) in [7, 11) is -8.07. The number of hydrogen-bond donors (Lipinski definition) is 2. The van der Waals surface area contributed by atoms with Crippen LogP contribution < -0.4 is 10.0 Å². The highest BCUT2D eigenvalue weighted by Gasteiger charge is 2.27. The van der Waals surface area contributed by atoms with Gasteiger partial charge in [-0.25, -0.2) is 16.8 Å². The number of rotatable bonds is 6. The van der Waals surface area contributed by atoms with Crippen molar-refractivity contribution >= 4 is 42.8 Å². The van der Waals surface area contributed by atoms with Gasteiger partial charge in [-0.2, -0.15) is 13.2 Å². The molecule has 27 heavy (non-hydrogen) atoms. The van der Waals surface area contributed by atoms with Crippen molar-refractivity contribution in [3.63, 3.8) is 0 Å². The van der Waals surface area contributed by atoms with Crippen LogP contribution in [0.15, 0.2) is 52.3 Å². The first-order valence-electron chi connectivity index (χ1n) is 7.22. The number of sulfone groups is 1. The molecular weight excluding hydrogens is 429 g/mol. The maximum atomic E-state index is 12.6. The van der Waals surface area contributed by atoms with E-state index in [0.29, 0.717) is 0 Å². The van der Waals surface area contributed by atoms with E-state index in [-0.39, 0.29) is 21.3 Å². The third-order valence-corrected chi connectivity index (χ3v) is 6.23. The van der Waals surface area contributed by atoms with Gasteiger partial charge in [0.25, 0.3) is 10.0 Å². The van der Waals surface area contributed by atoms with Gasteiger partial charge in [-0.15, -0.1) is 0 Å². The van der Waals surface area contributed by atoms with Gasteiger partial charge in [0, 0.05) is 6.26 Å². The molecule has 0 aliphatic heterocycles. The third kappa shape index (κ3) is 5.75. The van der Waals surface area contributed by atoms with Gasteiger partial charge >= 0.3 is 6.18 Å². The van der Waals surface area contributed by atoms with Crippen LogP contribution in [0.25, 0.3) is 0 Å². The molecule has 0 saturated heterocycles. The van der Waals surface area contributed by atoms with Crippen molar-refractivity contribution in [2.75, 3.05) is 22.8 Å². The van der Waals surface area contributed by atoms with E-state index in [9.17, 15) is 30.0 Å². The van der Waals surface area contributed by atoms with E-state index >= 15 is 0 Å². The molecule has 0 heterocycles. The Balaban J connectivity index is 2.41. The largest absolute Gasteiger partial charge is 0.405 e. The summed E-state index contributed by atoms with van der Waals surface area (Å²) < 4.78 is 87.9. The van der Waals surface area contributed by atoms with E-state index in [4.69, 9.17) is 11.6 Å². The Morgan fingerprint density at radius 2 is 1.59 bits per heavy atom. The van der Waals surface area contributed by atoms with Crippen molar-refractivity contribution in [2.24, 2.45) is 0 Å². The lowest BCUT2D eigenvalue weighted by molar-refractivity contribution is -0.115. The molecule has 148 valence electrons. The molecule has 12 heteroatoms. The molecule has 0 radical (unpaired) electrons. The van der Waals surface area contributed by atoms with Crippen LogP contribution in [-0.2, 0) is 19.9 Å². The zero-order chi connectivity index (χ0) is 20.5. The van der Waals surface area contributed by atoms with E-state index in [1.165, 1.54) is 24.3 Å². The summed E-state index contributed by atoms with van der Waals surface area (Å²) in [5.74, 6) is 0. The second-order valence-electron chi connectivity index (χ2n) is 5.48. The van der Waals surface area contributed by atoms with Gasteiger partial charge in [-0.1, -0.05) is 23.7 Å². The molecule has 6 nitrogen and oxygen atoms in total. The van der Waals surface area contributed by atoms with E-state index in [1.807, 2.05) is 0 Å². The topological polar surface area (TPSA) is 92.3 Å². The van der Waals surface area contributed by atoms with Gasteiger partial charge in [0.05, 0.1) is 21.3 Å². The first-order valence-corrected chi connectivity index (χ1v) is 11.0. The van der Waals surface area contributed by atoms with Crippen LogP contribution in [0.1, 0.15) is 0 Å². The predicted molar refractivity (Wildman–Crippen MR) is 96.4 cm³/mol. The molecule has 0 unspecified atom stereocenters. The quantitative estimate of drug-likeness (QED) is 0.714. The van der Waals surface area contributed by atoms with Crippen molar-refractivity contribution in [3.8, 4) is 0 Å². The molecule has 0 amide bonds. The van der Waals surface area contributed by atoms with E-state index in [1.54, 1.807) is 0 Å². The summed E-state index contributed by atoms with van der Waals surface area (Å²) in [6, 6.07) is 8.50. The molecule has 0 bridgehead atoms. The van der Waals surface area contributed by atoms with Gasteiger partial charge in [-0.05, 0) is 30.3 Å². The van der Waals surface area contributed by atoms with Crippen LogP contribution in [0.2, 0.25) is 5.02 Å². The highest BCUT2D eigenvalue weighted by Crippen LogP contribution is 2.30. The van der Waals surface area contributed by atoms with Crippen molar-refractivity contribution in [1.29, 1.82) is 0 Å². The molecular formula is C15H14ClF3N2O4S2. The van der Waals surface area contributed by atoms with Crippen LogP contribution >= 0.6 is 11.6 Å². The van der Waals surface area contributed by atoms with Crippen molar-refractivity contribution < 1.29 is 30.0 Å². The van der Waals surface area contributed by atoms with Crippen molar-refractivity contribution in [3.05, 3.63) is 47.5 Å². The lowest BCUT2D eigenvalue weighted by Gasteiger charge is -2.16. The minimum atomic E-state index is -4.50. The predicted octanol–water partition coefficient (Wildman–Crippen LogP) is 3.52. The first kappa shape index (κ1) is 21.3. The molecule has 2 rings (SSSR count). The Kier molecular flexibility index (Phi) is 5.97. The number of benzene rings is 2. The number of para-hydroxylation sites is 2. The van der Waals surface area contributed by atoms with Gasteiger partial charge in [0.2, 0.25) is 0 Å². The number of alkyl halides is 3. The molecule has 0 aromatic heterocycles. The Morgan fingerprint density at radius 1 is 1.00 bits per heavy atom. The SMILES string of the molecule is CS(=O)(=O)c1ccc(Cl)c(S(=O)(=O)Nc2ccccc2NCC(F)(F)F)c1. The second kappa shape index (κ2) is 7.56. The molecule has 0 saturated carbocycles. The minimum absolute atomic E-state index is 0.103. The summed E-state index contributed by atoms with van der Waals surface area (Å²) in [6.07, 6.45) is -3.60. The van der Waals surface area contributed by atoms with Crippen LogP contribution in [0.4, 0.5) is 24.5 Å². The second-order valence-corrected chi connectivity index (χ2v) is 9.56. The minimum Gasteiger partial charge on any atom is -0.375 e. The Morgan fingerprint density at radius 3 is 2.15 bits per heavy atom. The molecule has 0 fully saturated rings. The van der Waals surface area contributed by atoms with Crippen molar-refractivity contribution in [2.45, 2.75) is 16.0 Å². The number of sulfonamides is 1. The number of hydrogen-bond acceptors (Lipinski definition) is 5. The van der Waals surface area contributed by atoms with Crippen molar-refractivity contribution in [1.82, 2.24) is 0 Å². The standard InChI is InChI=1S/C15H14ClF3N2O4S2/c1-26(22,23)10-6-7-11(16)14(8-10)27(24,25)21-13-5-3-2-4-12(13)20-9-15(17,18)19/h2-8,20-21H,9H2,1H3. The van der Waals surface area contributed by atoms with Crippen LogP contribution in [0.3, 0.4) is 0 Å². The summed E-state index contributed by atoms with van der Waals surface area (Å²) in [4.78, 5) is -0.784.